The van der Waals surface area contributed by atoms with E-state index in [9.17, 15) is 0 Å². The first kappa shape index (κ1) is 10.4. The van der Waals surface area contributed by atoms with Gasteiger partial charge >= 0.3 is 0 Å². The first-order valence-electron chi connectivity index (χ1n) is 4.99. The van der Waals surface area contributed by atoms with Crippen molar-refractivity contribution in [2.45, 2.75) is 38.6 Å². The summed E-state index contributed by atoms with van der Waals surface area (Å²) in [6.45, 7) is 2.32. The van der Waals surface area contributed by atoms with Crippen molar-refractivity contribution < 1.29 is 0 Å². The Labute approximate surface area is 96.4 Å². The maximum absolute atomic E-state index is 4.05. The molecule has 0 radical (unpaired) electrons. The predicted octanol–water partition coefficient (Wildman–Crippen LogP) is 3.29. The molecule has 1 N–H and O–H groups in total. The fourth-order valence-corrected chi connectivity index (χ4v) is 3.09. The van der Waals surface area contributed by atoms with Crippen LogP contribution in [0.25, 0.3) is 0 Å². The summed E-state index contributed by atoms with van der Waals surface area (Å²) in [7, 11) is 0. The van der Waals surface area contributed by atoms with E-state index in [-0.39, 0.29) is 0 Å². The molecule has 0 spiro atoms. The number of nitrogens with one attached hydrogen (secondary N) is 1. The fourth-order valence-electron chi connectivity index (χ4n) is 2.00. The Morgan fingerprint density at radius 2 is 2.29 bits per heavy atom. The monoisotopic (exact) mass is 275 g/mol. The molecule has 1 aliphatic carbocycles. The van der Waals surface area contributed by atoms with Gasteiger partial charge in [0, 0.05) is 6.04 Å². The molecule has 3 nitrogen and oxygen atoms in total. The summed E-state index contributed by atoms with van der Waals surface area (Å²) in [5.41, 5.74) is 0. The molecule has 0 amide bonds. The zero-order chi connectivity index (χ0) is 9.97. The standard InChI is InChI=1S/C9H14BrN3S/c1-6-3-2-4-7(5-6)11-9-13-12-8(10)14-9/h6-7H,2-5H2,1H3,(H,11,13). The molecule has 0 aromatic carbocycles. The van der Waals surface area contributed by atoms with Crippen LogP contribution in [0, 0.1) is 5.92 Å². The Bertz CT molecular complexity index is 302. The summed E-state index contributed by atoms with van der Waals surface area (Å²) in [5.74, 6) is 0.845. The molecule has 0 bridgehead atoms. The van der Waals surface area contributed by atoms with Gasteiger partial charge in [-0.2, -0.15) is 0 Å². The van der Waals surface area contributed by atoms with E-state index < -0.39 is 0 Å². The highest BCUT2D eigenvalue weighted by Crippen LogP contribution is 2.28. The van der Waals surface area contributed by atoms with Crippen LogP contribution < -0.4 is 5.32 Å². The van der Waals surface area contributed by atoms with Crippen molar-refractivity contribution in [3.63, 3.8) is 0 Å². The second-order valence-electron chi connectivity index (χ2n) is 3.97. The molecule has 5 heteroatoms. The van der Waals surface area contributed by atoms with E-state index in [0.29, 0.717) is 6.04 Å². The van der Waals surface area contributed by atoms with E-state index in [1.165, 1.54) is 25.7 Å². The summed E-state index contributed by atoms with van der Waals surface area (Å²) in [6, 6.07) is 0.596. The SMILES string of the molecule is CC1CCCC(Nc2nnc(Br)s2)C1. The average molecular weight is 276 g/mol. The molecule has 1 aromatic heterocycles. The van der Waals surface area contributed by atoms with Crippen LogP contribution in [0.4, 0.5) is 5.13 Å². The number of anilines is 1. The van der Waals surface area contributed by atoms with Crippen molar-refractivity contribution in [3.05, 3.63) is 3.92 Å². The van der Waals surface area contributed by atoms with Gasteiger partial charge in [0.25, 0.3) is 0 Å². The molecular formula is C9H14BrN3S. The lowest BCUT2D eigenvalue weighted by atomic mass is 9.87. The van der Waals surface area contributed by atoms with Crippen LogP contribution in [0.2, 0.25) is 0 Å². The van der Waals surface area contributed by atoms with E-state index >= 15 is 0 Å². The summed E-state index contributed by atoms with van der Waals surface area (Å²) in [4.78, 5) is 0. The normalized spacial score (nSPS) is 27.6. The Kier molecular flexibility index (Phi) is 3.38. The second kappa shape index (κ2) is 4.57. The summed E-state index contributed by atoms with van der Waals surface area (Å²) >= 11 is 4.88. The van der Waals surface area contributed by atoms with E-state index in [2.05, 4.69) is 38.4 Å². The Hall–Kier alpha value is -0.160. The van der Waals surface area contributed by atoms with Gasteiger partial charge in [0.05, 0.1) is 0 Å². The van der Waals surface area contributed by atoms with Crippen molar-refractivity contribution in [1.29, 1.82) is 0 Å². The van der Waals surface area contributed by atoms with E-state index in [1.54, 1.807) is 11.3 Å². The summed E-state index contributed by atoms with van der Waals surface area (Å²) < 4.78 is 0.851. The van der Waals surface area contributed by atoms with Gasteiger partial charge in [0.15, 0.2) is 3.92 Å². The Balaban J connectivity index is 1.90. The molecule has 1 fully saturated rings. The molecule has 1 aliphatic rings. The van der Waals surface area contributed by atoms with Gasteiger partial charge in [-0.3, -0.25) is 0 Å². The number of nitrogens with zero attached hydrogens (tertiary/aromatic N) is 2. The van der Waals surface area contributed by atoms with Gasteiger partial charge in [-0.25, -0.2) is 0 Å². The highest BCUT2D eigenvalue weighted by molar-refractivity contribution is 9.11. The third-order valence-electron chi connectivity index (χ3n) is 2.66. The topological polar surface area (TPSA) is 37.8 Å². The van der Waals surface area contributed by atoms with E-state index in [0.717, 1.165) is 15.0 Å². The first-order valence-corrected chi connectivity index (χ1v) is 6.60. The lowest BCUT2D eigenvalue weighted by molar-refractivity contribution is 0.358. The fraction of sp³-hybridized carbons (Fsp3) is 0.778. The van der Waals surface area contributed by atoms with E-state index in [1.807, 2.05) is 0 Å². The zero-order valence-corrected chi connectivity index (χ0v) is 10.6. The third-order valence-corrected chi connectivity index (χ3v) is 3.95. The van der Waals surface area contributed by atoms with Gasteiger partial charge in [0.2, 0.25) is 5.13 Å². The molecule has 1 aromatic rings. The molecule has 2 unspecified atom stereocenters. The van der Waals surface area contributed by atoms with Gasteiger partial charge in [0.1, 0.15) is 0 Å². The highest BCUT2D eigenvalue weighted by Gasteiger charge is 2.19. The second-order valence-corrected chi connectivity index (χ2v) is 6.23. The lowest BCUT2D eigenvalue weighted by Gasteiger charge is -2.26. The minimum Gasteiger partial charge on any atom is -0.357 e. The average Bonchev–Trinajstić information content (AvgIpc) is 2.51. The van der Waals surface area contributed by atoms with Gasteiger partial charge in [-0.1, -0.05) is 31.1 Å². The van der Waals surface area contributed by atoms with Crippen LogP contribution >= 0.6 is 27.3 Å². The molecular weight excluding hydrogens is 262 g/mol. The predicted molar refractivity (Wildman–Crippen MR) is 62.7 cm³/mol. The van der Waals surface area contributed by atoms with E-state index in [4.69, 9.17) is 0 Å². The van der Waals surface area contributed by atoms with Crippen molar-refractivity contribution in [2.24, 2.45) is 5.92 Å². The van der Waals surface area contributed by atoms with Crippen molar-refractivity contribution in [3.8, 4) is 0 Å². The van der Waals surface area contributed by atoms with Gasteiger partial charge < -0.3 is 5.32 Å². The Morgan fingerprint density at radius 3 is 2.93 bits per heavy atom. The van der Waals surface area contributed by atoms with Crippen LogP contribution in [0.15, 0.2) is 3.92 Å². The van der Waals surface area contributed by atoms with Crippen LogP contribution in [-0.2, 0) is 0 Å². The number of aromatic nitrogens is 2. The molecule has 78 valence electrons. The minimum atomic E-state index is 0.596. The molecule has 2 atom stereocenters. The highest BCUT2D eigenvalue weighted by atomic mass is 79.9. The van der Waals surface area contributed by atoms with Crippen LogP contribution in [-0.4, -0.2) is 16.2 Å². The van der Waals surface area contributed by atoms with Crippen molar-refractivity contribution in [2.75, 3.05) is 5.32 Å². The summed E-state index contributed by atoms with van der Waals surface area (Å²) in [5, 5.41) is 12.4. The molecule has 0 aliphatic heterocycles. The zero-order valence-electron chi connectivity index (χ0n) is 8.16. The van der Waals surface area contributed by atoms with Crippen molar-refractivity contribution >= 4 is 32.4 Å². The molecule has 1 heterocycles. The molecule has 2 rings (SSSR count). The Morgan fingerprint density at radius 1 is 1.43 bits per heavy atom. The maximum Gasteiger partial charge on any atom is 0.206 e. The minimum absolute atomic E-state index is 0.596. The van der Waals surface area contributed by atoms with Crippen LogP contribution in [0.3, 0.4) is 0 Å². The van der Waals surface area contributed by atoms with Crippen LogP contribution in [0.1, 0.15) is 32.6 Å². The van der Waals surface area contributed by atoms with Gasteiger partial charge in [-0.15, -0.1) is 10.2 Å². The quantitative estimate of drug-likeness (QED) is 0.900. The summed E-state index contributed by atoms with van der Waals surface area (Å²) in [6.07, 6.45) is 5.23. The molecule has 1 saturated carbocycles. The largest absolute Gasteiger partial charge is 0.357 e. The van der Waals surface area contributed by atoms with Crippen molar-refractivity contribution in [1.82, 2.24) is 10.2 Å². The number of halogens is 1. The number of hydrogen-bond donors (Lipinski definition) is 1. The smallest absolute Gasteiger partial charge is 0.206 e. The number of hydrogen-bond acceptors (Lipinski definition) is 4. The lowest BCUT2D eigenvalue weighted by Crippen LogP contribution is -2.26. The first-order chi connectivity index (χ1) is 6.74. The third kappa shape index (κ3) is 2.67. The maximum atomic E-state index is 4.05. The van der Waals surface area contributed by atoms with Crippen LogP contribution in [0.5, 0.6) is 0 Å². The van der Waals surface area contributed by atoms with Gasteiger partial charge in [-0.05, 0) is 34.7 Å². The number of rotatable bonds is 2. The molecule has 0 saturated heterocycles. The molecule has 14 heavy (non-hydrogen) atoms.